The lowest BCUT2D eigenvalue weighted by Gasteiger charge is -2.12. The largest absolute Gasteiger partial charge is 0.478 e. The van der Waals surface area contributed by atoms with Crippen LogP contribution in [-0.2, 0) is 0 Å². The lowest BCUT2D eigenvalue weighted by atomic mass is 10.2. The summed E-state index contributed by atoms with van der Waals surface area (Å²) in [6.45, 7) is 1.68. The highest BCUT2D eigenvalue weighted by Crippen LogP contribution is 2.14. The van der Waals surface area contributed by atoms with Gasteiger partial charge in [-0.3, -0.25) is 4.98 Å². The van der Waals surface area contributed by atoms with Crippen molar-refractivity contribution >= 4 is 11.7 Å². The Morgan fingerprint density at radius 2 is 2.15 bits per heavy atom. The van der Waals surface area contributed by atoms with Gasteiger partial charge in [-0.05, 0) is 13.0 Å². The molecule has 1 aromatic heterocycles. The van der Waals surface area contributed by atoms with E-state index in [1.807, 2.05) is 19.0 Å². The van der Waals surface area contributed by atoms with Gasteiger partial charge in [0.1, 0.15) is 0 Å². The molecule has 0 radical (unpaired) electrons. The van der Waals surface area contributed by atoms with Crippen LogP contribution in [0.1, 0.15) is 16.1 Å². The molecule has 0 atom stereocenters. The topological polar surface area (TPSA) is 53.4 Å². The average molecular weight is 180 g/mol. The summed E-state index contributed by atoms with van der Waals surface area (Å²) in [5.74, 6) is -0.936. The minimum absolute atomic E-state index is 0.256. The third kappa shape index (κ3) is 1.96. The summed E-state index contributed by atoms with van der Waals surface area (Å²) in [6, 6.07) is 1.62. The Balaban J connectivity index is 3.19. The van der Waals surface area contributed by atoms with E-state index < -0.39 is 5.97 Å². The van der Waals surface area contributed by atoms with Crippen molar-refractivity contribution in [1.82, 2.24) is 4.98 Å². The number of carbonyl (C=O) groups is 1. The zero-order chi connectivity index (χ0) is 10.0. The van der Waals surface area contributed by atoms with E-state index in [1.54, 1.807) is 19.2 Å². The summed E-state index contributed by atoms with van der Waals surface area (Å²) in [5.41, 5.74) is 1.59. The predicted molar refractivity (Wildman–Crippen MR) is 50.3 cm³/mol. The Bertz CT molecular complexity index is 334. The first-order valence-electron chi connectivity index (χ1n) is 3.89. The molecule has 0 aliphatic carbocycles. The van der Waals surface area contributed by atoms with E-state index in [9.17, 15) is 4.79 Å². The van der Waals surface area contributed by atoms with Crippen LogP contribution in [0.4, 0.5) is 5.69 Å². The SMILES string of the molecule is Cc1ncc(N(C)C)cc1C(=O)O. The second kappa shape index (κ2) is 3.43. The van der Waals surface area contributed by atoms with E-state index in [0.29, 0.717) is 5.69 Å². The molecule has 0 fully saturated rings. The van der Waals surface area contributed by atoms with Crippen molar-refractivity contribution < 1.29 is 9.90 Å². The van der Waals surface area contributed by atoms with E-state index in [2.05, 4.69) is 4.98 Å². The number of rotatable bonds is 2. The molecule has 0 saturated heterocycles. The van der Waals surface area contributed by atoms with Crippen molar-refractivity contribution in [2.75, 3.05) is 19.0 Å². The summed E-state index contributed by atoms with van der Waals surface area (Å²) < 4.78 is 0. The van der Waals surface area contributed by atoms with Gasteiger partial charge in [0.25, 0.3) is 0 Å². The summed E-state index contributed by atoms with van der Waals surface area (Å²) in [5, 5.41) is 8.81. The van der Waals surface area contributed by atoms with Gasteiger partial charge in [-0.15, -0.1) is 0 Å². The Labute approximate surface area is 76.8 Å². The number of nitrogens with zero attached hydrogens (tertiary/aromatic N) is 2. The Hall–Kier alpha value is -1.58. The van der Waals surface area contributed by atoms with Gasteiger partial charge in [0.15, 0.2) is 0 Å². The smallest absolute Gasteiger partial charge is 0.337 e. The van der Waals surface area contributed by atoms with Crippen molar-refractivity contribution in [2.24, 2.45) is 0 Å². The lowest BCUT2D eigenvalue weighted by Crippen LogP contribution is -2.11. The number of aromatic carboxylic acids is 1. The first kappa shape index (κ1) is 9.51. The van der Waals surface area contributed by atoms with E-state index in [4.69, 9.17) is 5.11 Å². The number of hydrogen-bond donors (Lipinski definition) is 1. The Morgan fingerprint density at radius 1 is 1.54 bits per heavy atom. The zero-order valence-electron chi connectivity index (χ0n) is 7.90. The van der Waals surface area contributed by atoms with Crippen LogP contribution in [0.3, 0.4) is 0 Å². The van der Waals surface area contributed by atoms with Gasteiger partial charge in [-0.25, -0.2) is 4.79 Å². The summed E-state index contributed by atoms with van der Waals surface area (Å²) in [4.78, 5) is 16.6. The number of aryl methyl sites for hydroxylation is 1. The molecule has 0 aromatic carbocycles. The van der Waals surface area contributed by atoms with Gasteiger partial charge in [0, 0.05) is 14.1 Å². The fourth-order valence-corrected chi connectivity index (χ4v) is 0.983. The molecule has 1 aromatic rings. The first-order chi connectivity index (χ1) is 6.02. The van der Waals surface area contributed by atoms with Gasteiger partial charge in [0.05, 0.1) is 23.1 Å². The summed E-state index contributed by atoms with van der Waals surface area (Å²) >= 11 is 0. The van der Waals surface area contributed by atoms with Gasteiger partial charge in [-0.2, -0.15) is 0 Å². The third-order valence-electron chi connectivity index (χ3n) is 1.82. The number of carboxylic acid groups (broad SMARTS) is 1. The van der Waals surface area contributed by atoms with Gasteiger partial charge < -0.3 is 10.0 Å². The molecule has 0 amide bonds. The summed E-state index contributed by atoms with van der Waals surface area (Å²) in [7, 11) is 3.69. The van der Waals surface area contributed by atoms with Crippen LogP contribution < -0.4 is 4.90 Å². The molecule has 0 spiro atoms. The van der Waals surface area contributed by atoms with E-state index in [0.717, 1.165) is 5.69 Å². The molecule has 1 rings (SSSR count). The molecule has 13 heavy (non-hydrogen) atoms. The lowest BCUT2D eigenvalue weighted by molar-refractivity contribution is 0.0695. The minimum Gasteiger partial charge on any atom is -0.478 e. The van der Waals surface area contributed by atoms with Gasteiger partial charge in [0.2, 0.25) is 0 Å². The van der Waals surface area contributed by atoms with Crippen molar-refractivity contribution in [3.63, 3.8) is 0 Å². The van der Waals surface area contributed by atoms with Crippen molar-refractivity contribution in [3.05, 3.63) is 23.5 Å². The fourth-order valence-electron chi connectivity index (χ4n) is 0.983. The monoisotopic (exact) mass is 180 g/mol. The molecule has 70 valence electrons. The highest BCUT2D eigenvalue weighted by molar-refractivity contribution is 5.89. The van der Waals surface area contributed by atoms with Crippen molar-refractivity contribution in [2.45, 2.75) is 6.92 Å². The number of carboxylic acids is 1. The maximum absolute atomic E-state index is 10.7. The standard InChI is InChI=1S/C9H12N2O2/c1-6-8(9(12)13)4-7(5-10-6)11(2)3/h4-5H,1-3H3,(H,12,13). The van der Waals surface area contributed by atoms with Crippen molar-refractivity contribution in [3.8, 4) is 0 Å². The van der Waals surface area contributed by atoms with E-state index in [1.165, 1.54) is 0 Å². The van der Waals surface area contributed by atoms with Crippen LogP contribution in [0, 0.1) is 6.92 Å². The normalized spacial score (nSPS) is 9.77. The molecule has 0 aliphatic heterocycles. The van der Waals surface area contributed by atoms with Crippen LogP contribution in [0.15, 0.2) is 12.3 Å². The number of aromatic nitrogens is 1. The Morgan fingerprint density at radius 3 is 2.62 bits per heavy atom. The molecule has 1 heterocycles. The second-order valence-electron chi connectivity index (χ2n) is 3.03. The molecule has 4 nitrogen and oxygen atoms in total. The van der Waals surface area contributed by atoms with Crippen LogP contribution >= 0.6 is 0 Å². The van der Waals surface area contributed by atoms with Crippen LogP contribution in [-0.4, -0.2) is 30.2 Å². The summed E-state index contributed by atoms with van der Waals surface area (Å²) in [6.07, 6.45) is 1.65. The van der Waals surface area contributed by atoms with E-state index in [-0.39, 0.29) is 5.56 Å². The van der Waals surface area contributed by atoms with Crippen molar-refractivity contribution in [1.29, 1.82) is 0 Å². The molecule has 0 aliphatic rings. The van der Waals surface area contributed by atoms with Gasteiger partial charge in [-0.1, -0.05) is 0 Å². The molecule has 0 bridgehead atoms. The molecule has 0 unspecified atom stereocenters. The molecule has 0 saturated carbocycles. The maximum atomic E-state index is 10.7. The van der Waals surface area contributed by atoms with Crippen LogP contribution in [0.5, 0.6) is 0 Å². The van der Waals surface area contributed by atoms with Gasteiger partial charge >= 0.3 is 5.97 Å². The first-order valence-corrected chi connectivity index (χ1v) is 3.89. The minimum atomic E-state index is -0.936. The number of anilines is 1. The molecular weight excluding hydrogens is 168 g/mol. The zero-order valence-corrected chi connectivity index (χ0v) is 7.90. The highest BCUT2D eigenvalue weighted by atomic mass is 16.4. The van der Waals surface area contributed by atoms with Crippen LogP contribution in [0.2, 0.25) is 0 Å². The maximum Gasteiger partial charge on any atom is 0.337 e. The number of pyridine rings is 1. The second-order valence-corrected chi connectivity index (χ2v) is 3.03. The third-order valence-corrected chi connectivity index (χ3v) is 1.82. The highest BCUT2D eigenvalue weighted by Gasteiger charge is 2.09. The van der Waals surface area contributed by atoms with E-state index >= 15 is 0 Å². The number of hydrogen-bond acceptors (Lipinski definition) is 3. The van der Waals surface area contributed by atoms with Crippen LogP contribution in [0.25, 0.3) is 0 Å². The quantitative estimate of drug-likeness (QED) is 0.741. The average Bonchev–Trinajstić information content (AvgIpc) is 2.04. The molecular formula is C9H12N2O2. The predicted octanol–water partition coefficient (Wildman–Crippen LogP) is 1.15. The fraction of sp³-hybridized carbons (Fsp3) is 0.333. The molecule has 4 heteroatoms. The Kier molecular flexibility index (Phi) is 2.51. The molecule has 1 N–H and O–H groups in total.